The normalized spacial score (nSPS) is 15.1. The largest absolute Gasteiger partial charge is 0.375 e. The number of ether oxygens (including phenoxy) is 1. The lowest BCUT2D eigenvalue weighted by atomic mass is 10.1. The van der Waals surface area contributed by atoms with Gasteiger partial charge in [-0.05, 0) is 43.9 Å². The highest BCUT2D eigenvalue weighted by Crippen LogP contribution is 2.21. The van der Waals surface area contributed by atoms with E-state index in [1.54, 1.807) is 25.5 Å². The van der Waals surface area contributed by atoms with Gasteiger partial charge in [-0.1, -0.05) is 12.1 Å². The van der Waals surface area contributed by atoms with Gasteiger partial charge in [0.1, 0.15) is 11.1 Å². The van der Waals surface area contributed by atoms with Gasteiger partial charge in [0, 0.05) is 51.8 Å². The fourth-order valence-electron chi connectivity index (χ4n) is 3.61. The average molecular weight is 572 g/mol. The summed E-state index contributed by atoms with van der Waals surface area (Å²) in [5, 5.41) is 6.43. The van der Waals surface area contributed by atoms with Crippen LogP contribution in [0.3, 0.4) is 0 Å². The van der Waals surface area contributed by atoms with Crippen LogP contribution in [0.2, 0.25) is 0 Å². The van der Waals surface area contributed by atoms with Crippen LogP contribution in [0.25, 0.3) is 0 Å². The molecule has 0 bridgehead atoms. The number of likely N-dealkylation sites (tertiary alicyclic amines) is 1. The predicted octanol–water partition coefficient (Wildman–Crippen LogP) is 4.30. The number of piperidine rings is 1. The van der Waals surface area contributed by atoms with Crippen molar-refractivity contribution in [3.8, 4) is 0 Å². The Kier molecular flexibility index (Phi) is 10.9. The molecule has 2 aromatic rings. The van der Waals surface area contributed by atoms with Crippen molar-refractivity contribution in [2.75, 3.05) is 34.3 Å². The zero-order chi connectivity index (χ0) is 22.2. The van der Waals surface area contributed by atoms with Crippen molar-refractivity contribution in [3.05, 3.63) is 51.5 Å². The van der Waals surface area contributed by atoms with Crippen LogP contribution < -0.4 is 5.32 Å². The maximum absolute atomic E-state index is 12.6. The Morgan fingerprint density at radius 3 is 2.59 bits per heavy atom. The van der Waals surface area contributed by atoms with Crippen LogP contribution in [-0.4, -0.2) is 60.9 Å². The first-order chi connectivity index (χ1) is 15.0. The van der Waals surface area contributed by atoms with Gasteiger partial charge in [-0.25, -0.2) is 4.98 Å². The molecule has 1 fully saturated rings. The maximum atomic E-state index is 12.6. The lowest BCUT2D eigenvalue weighted by molar-refractivity contribution is 0.0724. The van der Waals surface area contributed by atoms with E-state index in [2.05, 4.69) is 20.7 Å². The first kappa shape index (κ1) is 26.5. The number of methoxy groups -OCH3 is 1. The smallest absolute Gasteiger partial charge is 0.253 e. The number of benzene rings is 1. The topological polar surface area (TPSA) is 70.1 Å². The third-order valence-corrected chi connectivity index (χ3v) is 6.59. The van der Waals surface area contributed by atoms with E-state index in [0.29, 0.717) is 13.1 Å². The first-order valence-electron chi connectivity index (χ1n) is 10.8. The summed E-state index contributed by atoms with van der Waals surface area (Å²) in [6.07, 6.45) is 3.44. The van der Waals surface area contributed by atoms with Crippen LogP contribution in [0.4, 0.5) is 0 Å². The highest BCUT2D eigenvalue weighted by Gasteiger charge is 2.18. The summed E-state index contributed by atoms with van der Waals surface area (Å²) in [5.74, 6) is 0.933. The summed E-state index contributed by atoms with van der Waals surface area (Å²) < 4.78 is 5.34. The molecular weight excluding hydrogens is 537 g/mol. The number of hydrogen-bond acceptors (Lipinski definition) is 5. The third kappa shape index (κ3) is 7.14. The number of carbonyl (C=O) groups excluding carboxylic acids is 1. The molecule has 3 rings (SSSR count). The second kappa shape index (κ2) is 13.1. The molecule has 7 nitrogen and oxygen atoms in total. The summed E-state index contributed by atoms with van der Waals surface area (Å²) in [4.78, 5) is 25.7. The Morgan fingerprint density at radius 2 is 1.97 bits per heavy atom. The van der Waals surface area contributed by atoms with E-state index in [1.165, 1.54) is 6.42 Å². The lowest BCUT2D eigenvalue weighted by Gasteiger charge is -2.26. The summed E-state index contributed by atoms with van der Waals surface area (Å²) in [7, 11) is 5.47. The van der Waals surface area contributed by atoms with Gasteiger partial charge in [-0.2, -0.15) is 0 Å². The molecule has 0 radical (unpaired) electrons. The van der Waals surface area contributed by atoms with Crippen molar-refractivity contribution in [1.82, 2.24) is 20.1 Å². The molecule has 1 saturated heterocycles. The zero-order valence-corrected chi connectivity index (χ0v) is 22.5. The number of aliphatic imine (C=N–C) groups is 1. The van der Waals surface area contributed by atoms with E-state index in [4.69, 9.17) is 4.74 Å². The quantitative estimate of drug-likeness (QED) is 0.305. The van der Waals surface area contributed by atoms with Gasteiger partial charge in [-0.3, -0.25) is 9.79 Å². The minimum absolute atomic E-state index is 0. The Balaban J connectivity index is 0.00000363. The van der Waals surface area contributed by atoms with Gasteiger partial charge in [0.05, 0.1) is 12.2 Å². The van der Waals surface area contributed by atoms with E-state index in [-0.39, 0.29) is 36.0 Å². The summed E-state index contributed by atoms with van der Waals surface area (Å²) in [6.45, 7) is 5.04. The molecule has 1 aliphatic heterocycles. The van der Waals surface area contributed by atoms with Crippen LogP contribution in [0.1, 0.15) is 58.9 Å². The Bertz CT molecular complexity index is 881. The van der Waals surface area contributed by atoms with Crippen molar-refractivity contribution in [2.24, 2.45) is 4.99 Å². The summed E-state index contributed by atoms with van der Waals surface area (Å²) in [6, 6.07) is 7.87. The Hall–Kier alpha value is -1.72. The van der Waals surface area contributed by atoms with Crippen molar-refractivity contribution in [3.63, 3.8) is 0 Å². The van der Waals surface area contributed by atoms with E-state index < -0.39 is 0 Å². The number of aromatic nitrogens is 1. The maximum Gasteiger partial charge on any atom is 0.253 e. The molecule has 1 aromatic carbocycles. The Morgan fingerprint density at radius 1 is 1.28 bits per heavy atom. The lowest BCUT2D eigenvalue weighted by Crippen LogP contribution is -2.38. The minimum Gasteiger partial charge on any atom is -0.375 e. The summed E-state index contributed by atoms with van der Waals surface area (Å²) >= 11 is 1.61. The molecule has 1 atom stereocenters. The van der Waals surface area contributed by atoms with Gasteiger partial charge in [0.25, 0.3) is 5.91 Å². The van der Waals surface area contributed by atoms with Crippen molar-refractivity contribution in [1.29, 1.82) is 0 Å². The number of guanidine groups is 1. The van der Waals surface area contributed by atoms with Crippen molar-refractivity contribution >= 4 is 47.2 Å². The van der Waals surface area contributed by atoms with Gasteiger partial charge >= 0.3 is 0 Å². The second-order valence-corrected chi connectivity index (χ2v) is 8.75. The standard InChI is InChI=1S/C23H33N5O2S.HI/c1-17(30-4)21-26-20(16-31-21)15-27(3)23(24-2)25-14-18-8-10-19(11-9-18)22(29)28-12-6-5-7-13-28;/h8-11,16-17H,5-7,12-15H2,1-4H3,(H,24,25);1H. The number of nitrogens with one attached hydrogen (secondary N) is 1. The molecule has 9 heteroatoms. The van der Waals surface area contributed by atoms with Crippen LogP contribution in [-0.2, 0) is 17.8 Å². The number of halogens is 1. The SMILES string of the molecule is CN=C(NCc1ccc(C(=O)N2CCCCC2)cc1)N(C)Cc1csc(C(C)OC)n1.I. The number of amides is 1. The zero-order valence-electron chi connectivity index (χ0n) is 19.3. The molecule has 1 aromatic heterocycles. The molecule has 176 valence electrons. The van der Waals surface area contributed by atoms with E-state index in [1.807, 2.05) is 48.0 Å². The fraction of sp³-hybridized carbons (Fsp3) is 0.522. The number of hydrogen-bond donors (Lipinski definition) is 1. The number of nitrogens with zero attached hydrogens (tertiary/aromatic N) is 4. The summed E-state index contributed by atoms with van der Waals surface area (Å²) in [5.41, 5.74) is 2.86. The van der Waals surface area contributed by atoms with Crippen LogP contribution in [0.5, 0.6) is 0 Å². The monoisotopic (exact) mass is 571 g/mol. The van der Waals surface area contributed by atoms with Crippen LogP contribution in [0.15, 0.2) is 34.6 Å². The number of carbonyl (C=O) groups is 1. The molecule has 1 amide bonds. The first-order valence-corrected chi connectivity index (χ1v) is 11.7. The number of rotatable bonds is 7. The third-order valence-electron chi connectivity index (χ3n) is 5.54. The molecular formula is C23H34IN5O2S. The molecule has 2 heterocycles. The number of thiazole rings is 1. The molecule has 0 saturated carbocycles. The van der Waals surface area contributed by atoms with Crippen LogP contribution >= 0.6 is 35.3 Å². The predicted molar refractivity (Wildman–Crippen MR) is 141 cm³/mol. The van der Waals surface area contributed by atoms with E-state index in [9.17, 15) is 4.79 Å². The Labute approximate surface area is 212 Å². The van der Waals surface area contributed by atoms with E-state index in [0.717, 1.165) is 53.7 Å². The highest BCUT2D eigenvalue weighted by molar-refractivity contribution is 14.0. The van der Waals surface area contributed by atoms with Crippen molar-refractivity contribution in [2.45, 2.75) is 45.4 Å². The highest BCUT2D eigenvalue weighted by atomic mass is 127. The molecule has 1 N–H and O–H groups in total. The molecule has 0 spiro atoms. The van der Waals surface area contributed by atoms with E-state index >= 15 is 0 Å². The molecule has 1 aliphatic rings. The van der Waals surface area contributed by atoms with Gasteiger partial charge in [0.2, 0.25) is 0 Å². The molecule has 32 heavy (non-hydrogen) atoms. The molecule has 0 aliphatic carbocycles. The van der Waals surface area contributed by atoms with Gasteiger partial charge in [-0.15, -0.1) is 35.3 Å². The minimum atomic E-state index is 0. The van der Waals surface area contributed by atoms with Gasteiger partial charge < -0.3 is 19.9 Å². The second-order valence-electron chi connectivity index (χ2n) is 7.86. The molecule has 1 unspecified atom stereocenters. The van der Waals surface area contributed by atoms with Gasteiger partial charge in [0.15, 0.2) is 5.96 Å². The van der Waals surface area contributed by atoms with Crippen LogP contribution in [0, 0.1) is 0 Å². The average Bonchev–Trinajstić information content (AvgIpc) is 3.28. The fourth-order valence-corrected chi connectivity index (χ4v) is 4.45. The van der Waals surface area contributed by atoms with Crippen molar-refractivity contribution < 1.29 is 9.53 Å².